The summed E-state index contributed by atoms with van der Waals surface area (Å²) in [6, 6.07) is 8.00. The Bertz CT molecular complexity index is 803. The molecule has 0 aliphatic rings. The van der Waals surface area contributed by atoms with Crippen molar-refractivity contribution >= 4 is 23.5 Å². The van der Waals surface area contributed by atoms with Crippen molar-refractivity contribution in [3.8, 4) is 11.4 Å². The van der Waals surface area contributed by atoms with E-state index in [1.54, 1.807) is 25.1 Å². The Morgan fingerprint density at radius 1 is 1.15 bits per heavy atom. The number of ether oxygens (including phenoxy) is 2. The smallest absolute Gasteiger partial charge is 0.387 e. The third-order valence-electron chi connectivity index (χ3n) is 3.81. The lowest BCUT2D eigenvalue weighted by Crippen LogP contribution is -2.10. The predicted molar refractivity (Wildman–Crippen MR) is 100 cm³/mol. The summed E-state index contributed by atoms with van der Waals surface area (Å²) in [7, 11) is 0. The molecule has 146 valence electrons. The molecule has 8 heteroatoms. The molecule has 0 radical (unpaired) electrons. The predicted octanol–water partition coefficient (Wildman–Crippen LogP) is 4.17. The van der Waals surface area contributed by atoms with Crippen molar-refractivity contribution in [3.63, 3.8) is 0 Å². The summed E-state index contributed by atoms with van der Waals surface area (Å²) in [5.41, 5.74) is 2.90. The molecule has 0 bridgehead atoms. The van der Waals surface area contributed by atoms with Crippen molar-refractivity contribution in [2.45, 2.75) is 27.4 Å². The maximum Gasteiger partial charge on any atom is 0.387 e. The summed E-state index contributed by atoms with van der Waals surface area (Å²) in [5.74, 6) is -0.0511. The Hall–Kier alpha value is -2.35. The minimum absolute atomic E-state index is 0.0721. The van der Waals surface area contributed by atoms with Gasteiger partial charge in [0.05, 0.1) is 18.1 Å². The molecule has 0 amide bonds. The minimum Gasteiger partial charge on any atom is -0.465 e. The second kappa shape index (κ2) is 9.55. The molecule has 1 heterocycles. The lowest BCUT2D eigenvalue weighted by molar-refractivity contribution is -0.139. The molecule has 0 unspecified atom stereocenters. The molecular weight excluding hydrogens is 376 g/mol. The van der Waals surface area contributed by atoms with Gasteiger partial charge in [-0.2, -0.15) is 8.78 Å². The number of ketones is 1. The Labute approximate surface area is 160 Å². The first kappa shape index (κ1) is 21.0. The number of rotatable bonds is 9. The number of aromatic nitrogens is 1. The van der Waals surface area contributed by atoms with Crippen LogP contribution in [0.2, 0.25) is 0 Å². The molecule has 2 aromatic rings. The maximum absolute atomic E-state index is 12.5. The number of halogens is 2. The third kappa shape index (κ3) is 5.56. The lowest BCUT2D eigenvalue weighted by Gasteiger charge is -2.11. The molecule has 0 atom stereocenters. The Morgan fingerprint density at radius 3 is 2.41 bits per heavy atom. The number of carbonyl (C=O) groups excluding carboxylic acids is 2. The largest absolute Gasteiger partial charge is 0.465 e. The zero-order valence-corrected chi connectivity index (χ0v) is 16.1. The molecule has 0 saturated heterocycles. The lowest BCUT2D eigenvalue weighted by atomic mass is 10.2. The number of esters is 1. The van der Waals surface area contributed by atoms with Gasteiger partial charge in [0.2, 0.25) is 0 Å². The van der Waals surface area contributed by atoms with Crippen LogP contribution in [0.3, 0.4) is 0 Å². The highest BCUT2D eigenvalue weighted by molar-refractivity contribution is 8.00. The number of hydrogen-bond acceptors (Lipinski definition) is 5. The first-order valence-corrected chi connectivity index (χ1v) is 9.49. The quantitative estimate of drug-likeness (QED) is 0.469. The highest BCUT2D eigenvalue weighted by Gasteiger charge is 2.17. The molecule has 0 aliphatic carbocycles. The van der Waals surface area contributed by atoms with Crippen LogP contribution in [-0.4, -0.2) is 41.0 Å². The number of Topliss-reactive ketones (excluding diaryl/α,β-unsaturated/α-hetero) is 1. The Morgan fingerprint density at radius 2 is 1.81 bits per heavy atom. The average Bonchev–Trinajstić information content (AvgIpc) is 2.90. The molecular formula is C19H21F2NO4S. The van der Waals surface area contributed by atoms with E-state index < -0.39 is 6.61 Å². The van der Waals surface area contributed by atoms with Crippen LogP contribution in [0, 0.1) is 13.8 Å². The van der Waals surface area contributed by atoms with Crippen molar-refractivity contribution in [2.24, 2.45) is 0 Å². The second-order valence-corrected chi connectivity index (χ2v) is 6.70. The van der Waals surface area contributed by atoms with E-state index in [0.29, 0.717) is 12.2 Å². The zero-order valence-electron chi connectivity index (χ0n) is 15.3. The standard InChI is InChI=1S/C19H21F2NO4S/c1-4-25-18(24)11-27-10-17(23)16-9-12(2)22(13(16)3)14-5-7-15(8-6-14)26-19(20)21/h5-9,19H,4,10-11H2,1-3H3. The van der Waals surface area contributed by atoms with Gasteiger partial charge >= 0.3 is 12.6 Å². The molecule has 0 aliphatic heterocycles. The van der Waals surface area contributed by atoms with Crippen molar-refractivity contribution in [1.82, 2.24) is 4.57 Å². The van der Waals surface area contributed by atoms with Gasteiger partial charge in [-0.1, -0.05) is 0 Å². The highest BCUT2D eigenvalue weighted by atomic mass is 32.2. The van der Waals surface area contributed by atoms with Crippen molar-refractivity contribution < 1.29 is 27.8 Å². The van der Waals surface area contributed by atoms with Crippen LogP contribution in [0.15, 0.2) is 30.3 Å². The molecule has 0 fully saturated rings. The topological polar surface area (TPSA) is 57.5 Å². The number of aryl methyl sites for hydroxylation is 1. The monoisotopic (exact) mass is 397 g/mol. The van der Waals surface area contributed by atoms with Crippen LogP contribution >= 0.6 is 11.8 Å². The fourth-order valence-corrected chi connectivity index (χ4v) is 3.42. The number of carbonyl (C=O) groups is 2. The fraction of sp³-hybridized carbons (Fsp3) is 0.368. The van der Waals surface area contributed by atoms with Crippen LogP contribution in [0.5, 0.6) is 5.75 Å². The van der Waals surface area contributed by atoms with E-state index in [4.69, 9.17) is 4.74 Å². The first-order chi connectivity index (χ1) is 12.8. The van der Waals surface area contributed by atoms with Gasteiger partial charge in [-0.05, 0) is 51.1 Å². The van der Waals surface area contributed by atoms with Gasteiger partial charge in [0.1, 0.15) is 5.75 Å². The third-order valence-corrected chi connectivity index (χ3v) is 4.72. The van der Waals surface area contributed by atoms with Gasteiger partial charge in [0.25, 0.3) is 0 Å². The van der Waals surface area contributed by atoms with Crippen molar-refractivity contribution in [1.29, 1.82) is 0 Å². The van der Waals surface area contributed by atoms with Crippen molar-refractivity contribution in [2.75, 3.05) is 18.1 Å². The molecule has 27 heavy (non-hydrogen) atoms. The van der Waals surface area contributed by atoms with E-state index in [9.17, 15) is 18.4 Å². The van der Waals surface area contributed by atoms with E-state index in [-0.39, 0.29) is 29.0 Å². The molecule has 1 aromatic carbocycles. The molecule has 5 nitrogen and oxygen atoms in total. The molecule has 1 aromatic heterocycles. The number of hydrogen-bond donors (Lipinski definition) is 0. The fourth-order valence-electron chi connectivity index (χ4n) is 2.73. The summed E-state index contributed by atoms with van der Waals surface area (Å²) >= 11 is 1.21. The average molecular weight is 397 g/mol. The van der Waals surface area contributed by atoms with E-state index in [1.807, 2.05) is 18.4 Å². The summed E-state index contributed by atoms with van der Waals surface area (Å²) in [4.78, 5) is 23.8. The van der Waals surface area contributed by atoms with Gasteiger partial charge in [-0.15, -0.1) is 11.8 Å². The first-order valence-electron chi connectivity index (χ1n) is 8.34. The number of thioether (sulfide) groups is 1. The molecule has 0 spiro atoms. The number of alkyl halides is 2. The number of nitrogens with zero attached hydrogens (tertiary/aromatic N) is 1. The number of benzene rings is 1. The van der Waals surface area contributed by atoms with Crippen LogP contribution in [0.25, 0.3) is 5.69 Å². The summed E-state index contributed by atoms with van der Waals surface area (Å²) in [6.07, 6.45) is 0. The molecule has 2 rings (SSSR count). The Balaban J connectivity index is 2.11. The van der Waals surface area contributed by atoms with Crippen LogP contribution < -0.4 is 4.74 Å². The molecule has 0 N–H and O–H groups in total. The van der Waals surface area contributed by atoms with Gasteiger partial charge in [0.15, 0.2) is 5.78 Å². The van der Waals surface area contributed by atoms with E-state index in [1.165, 1.54) is 23.9 Å². The summed E-state index contributed by atoms with van der Waals surface area (Å²) < 4.78 is 35.6. The van der Waals surface area contributed by atoms with Crippen LogP contribution in [0.4, 0.5) is 8.78 Å². The normalized spacial score (nSPS) is 10.9. The zero-order chi connectivity index (χ0) is 20.0. The van der Waals surface area contributed by atoms with Crippen molar-refractivity contribution in [3.05, 3.63) is 47.3 Å². The highest BCUT2D eigenvalue weighted by Crippen LogP contribution is 2.24. The summed E-state index contributed by atoms with van der Waals surface area (Å²) in [6.45, 7) is 2.85. The van der Waals surface area contributed by atoms with E-state index >= 15 is 0 Å². The van der Waals surface area contributed by atoms with Crippen LogP contribution in [0.1, 0.15) is 28.7 Å². The minimum atomic E-state index is -2.87. The van der Waals surface area contributed by atoms with E-state index in [0.717, 1.165) is 17.1 Å². The molecule has 0 saturated carbocycles. The summed E-state index contributed by atoms with van der Waals surface area (Å²) in [5, 5.41) is 0. The maximum atomic E-state index is 12.5. The second-order valence-electron chi connectivity index (χ2n) is 5.71. The van der Waals surface area contributed by atoms with Gasteiger partial charge in [-0.3, -0.25) is 9.59 Å². The van der Waals surface area contributed by atoms with Crippen LogP contribution in [-0.2, 0) is 9.53 Å². The Kier molecular flexibility index (Phi) is 7.41. The van der Waals surface area contributed by atoms with Gasteiger partial charge < -0.3 is 14.0 Å². The van der Waals surface area contributed by atoms with Gasteiger partial charge in [0, 0.05) is 22.6 Å². The SMILES string of the molecule is CCOC(=O)CSCC(=O)c1cc(C)n(-c2ccc(OC(F)F)cc2)c1C. The van der Waals surface area contributed by atoms with Gasteiger partial charge in [-0.25, -0.2) is 0 Å². The van der Waals surface area contributed by atoms with E-state index in [2.05, 4.69) is 4.74 Å².